The summed E-state index contributed by atoms with van der Waals surface area (Å²) in [5, 5.41) is 0.636. The van der Waals surface area contributed by atoms with Crippen LogP contribution in [0.25, 0.3) is 0 Å². The Labute approximate surface area is 182 Å². The number of anilines is 1. The van der Waals surface area contributed by atoms with Crippen LogP contribution in [0.3, 0.4) is 0 Å². The van der Waals surface area contributed by atoms with Gasteiger partial charge in [-0.2, -0.15) is 0 Å². The lowest BCUT2D eigenvalue weighted by Gasteiger charge is -2.36. The van der Waals surface area contributed by atoms with E-state index in [0.717, 1.165) is 42.4 Å². The van der Waals surface area contributed by atoms with Crippen molar-refractivity contribution in [3.05, 3.63) is 87.8 Å². The third-order valence-corrected chi connectivity index (χ3v) is 5.74. The van der Waals surface area contributed by atoms with E-state index >= 15 is 0 Å². The molecule has 0 spiro atoms. The molecule has 1 aliphatic rings. The van der Waals surface area contributed by atoms with Crippen LogP contribution in [0.5, 0.6) is 0 Å². The molecule has 0 atom stereocenters. The molecule has 0 bridgehead atoms. The number of aromatic nitrogens is 2. The zero-order chi connectivity index (χ0) is 21.1. The molecule has 2 heterocycles. The van der Waals surface area contributed by atoms with Gasteiger partial charge >= 0.3 is 0 Å². The maximum absolute atomic E-state index is 12.8. The van der Waals surface area contributed by atoms with Gasteiger partial charge < -0.3 is 9.80 Å². The largest absolute Gasteiger partial charge is 0.353 e. The molecule has 3 aromatic rings. The standard InChI is InChI=1S/C24H25ClN4O/c1-17-22(16-19-6-4-3-5-7-19)23(27-18(2)26-17)28-12-14-29(15-13-28)24(30)20-8-10-21(25)11-9-20/h3-11H,12-16H2,1-2H3. The molecule has 0 N–H and O–H groups in total. The summed E-state index contributed by atoms with van der Waals surface area (Å²) in [5.74, 6) is 1.81. The Kier molecular flexibility index (Phi) is 6.00. The second-order valence-corrected chi connectivity index (χ2v) is 8.04. The van der Waals surface area contributed by atoms with Gasteiger partial charge in [-0.1, -0.05) is 41.9 Å². The molecule has 0 aliphatic carbocycles. The van der Waals surface area contributed by atoms with Gasteiger partial charge in [0.2, 0.25) is 0 Å². The first kappa shape index (κ1) is 20.4. The van der Waals surface area contributed by atoms with Crippen LogP contribution >= 0.6 is 11.6 Å². The zero-order valence-electron chi connectivity index (χ0n) is 17.3. The summed E-state index contributed by atoms with van der Waals surface area (Å²) in [5.41, 5.74) is 4.09. The van der Waals surface area contributed by atoms with Crippen LogP contribution in [0.4, 0.5) is 5.82 Å². The predicted molar refractivity (Wildman–Crippen MR) is 120 cm³/mol. The molecule has 0 unspecified atom stereocenters. The van der Waals surface area contributed by atoms with E-state index in [9.17, 15) is 4.79 Å². The Morgan fingerprint density at radius 1 is 0.933 bits per heavy atom. The molecule has 5 nitrogen and oxygen atoms in total. The Balaban J connectivity index is 1.51. The number of carbonyl (C=O) groups is 1. The van der Waals surface area contributed by atoms with Gasteiger partial charge in [0.05, 0.1) is 0 Å². The molecular weight excluding hydrogens is 396 g/mol. The maximum Gasteiger partial charge on any atom is 0.253 e. The fourth-order valence-corrected chi connectivity index (χ4v) is 4.01. The van der Waals surface area contributed by atoms with Crippen LogP contribution in [0.2, 0.25) is 5.02 Å². The average molecular weight is 421 g/mol. The van der Waals surface area contributed by atoms with Crippen molar-refractivity contribution in [3.8, 4) is 0 Å². The van der Waals surface area contributed by atoms with Crippen LogP contribution in [-0.4, -0.2) is 47.0 Å². The first-order valence-corrected chi connectivity index (χ1v) is 10.6. The molecule has 1 fully saturated rings. The van der Waals surface area contributed by atoms with E-state index in [-0.39, 0.29) is 5.91 Å². The van der Waals surface area contributed by atoms with E-state index in [1.54, 1.807) is 24.3 Å². The van der Waals surface area contributed by atoms with Crippen LogP contribution in [0.15, 0.2) is 54.6 Å². The molecule has 1 aliphatic heterocycles. The molecule has 0 radical (unpaired) electrons. The zero-order valence-corrected chi connectivity index (χ0v) is 18.1. The van der Waals surface area contributed by atoms with Gasteiger partial charge in [0.1, 0.15) is 11.6 Å². The first-order chi connectivity index (χ1) is 14.5. The topological polar surface area (TPSA) is 49.3 Å². The van der Waals surface area contributed by atoms with Crippen molar-refractivity contribution in [2.75, 3.05) is 31.1 Å². The number of carbonyl (C=O) groups excluding carboxylic acids is 1. The third-order valence-electron chi connectivity index (χ3n) is 5.49. The summed E-state index contributed by atoms with van der Waals surface area (Å²) >= 11 is 5.94. The van der Waals surface area contributed by atoms with Gasteiger partial charge in [0, 0.05) is 54.4 Å². The van der Waals surface area contributed by atoms with E-state index in [4.69, 9.17) is 16.6 Å². The average Bonchev–Trinajstić information content (AvgIpc) is 2.76. The number of amides is 1. The number of benzene rings is 2. The SMILES string of the molecule is Cc1nc(C)c(Cc2ccccc2)c(N2CCN(C(=O)c3ccc(Cl)cc3)CC2)n1. The van der Waals surface area contributed by atoms with Crippen molar-refractivity contribution in [3.63, 3.8) is 0 Å². The van der Waals surface area contributed by atoms with Crippen molar-refractivity contribution >= 4 is 23.3 Å². The van der Waals surface area contributed by atoms with Crippen molar-refractivity contribution in [2.24, 2.45) is 0 Å². The van der Waals surface area contributed by atoms with Gasteiger partial charge in [-0.15, -0.1) is 0 Å². The monoisotopic (exact) mass is 420 g/mol. The Morgan fingerprint density at radius 2 is 1.60 bits per heavy atom. The third kappa shape index (κ3) is 4.46. The molecule has 1 aromatic heterocycles. The molecule has 154 valence electrons. The van der Waals surface area contributed by atoms with Gasteiger partial charge in [0.15, 0.2) is 0 Å². The number of rotatable bonds is 4. The number of halogens is 1. The summed E-state index contributed by atoms with van der Waals surface area (Å²) in [4.78, 5) is 26.4. The highest BCUT2D eigenvalue weighted by molar-refractivity contribution is 6.30. The van der Waals surface area contributed by atoms with Crippen LogP contribution < -0.4 is 4.90 Å². The smallest absolute Gasteiger partial charge is 0.253 e. The van der Waals surface area contributed by atoms with Gasteiger partial charge in [0.25, 0.3) is 5.91 Å². The minimum Gasteiger partial charge on any atom is -0.353 e. The summed E-state index contributed by atoms with van der Waals surface area (Å²) < 4.78 is 0. The number of hydrogen-bond acceptors (Lipinski definition) is 4. The van der Waals surface area contributed by atoms with Crippen LogP contribution in [0.1, 0.15) is 33.0 Å². The van der Waals surface area contributed by atoms with E-state index in [2.05, 4.69) is 41.1 Å². The highest BCUT2D eigenvalue weighted by atomic mass is 35.5. The molecule has 30 heavy (non-hydrogen) atoms. The molecule has 2 aromatic carbocycles. The summed E-state index contributed by atoms with van der Waals surface area (Å²) in [6.07, 6.45) is 0.798. The molecular formula is C24H25ClN4O. The highest BCUT2D eigenvalue weighted by Gasteiger charge is 2.25. The van der Waals surface area contributed by atoms with E-state index < -0.39 is 0 Å². The van der Waals surface area contributed by atoms with E-state index in [0.29, 0.717) is 23.7 Å². The highest BCUT2D eigenvalue weighted by Crippen LogP contribution is 2.25. The Morgan fingerprint density at radius 3 is 2.27 bits per heavy atom. The van der Waals surface area contributed by atoms with Crippen molar-refractivity contribution in [1.29, 1.82) is 0 Å². The number of aryl methyl sites for hydroxylation is 2. The number of hydrogen-bond donors (Lipinski definition) is 0. The quantitative estimate of drug-likeness (QED) is 0.631. The van der Waals surface area contributed by atoms with Crippen molar-refractivity contribution < 1.29 is 4.79 Å². The second-order valence-electron chi connectivity index (χ2n) is 7.61. The Bertz CT molecular complexity index is 1030. The van der Waals surface area contributed by atoms with Crippen LogP contribution in [0, 0.1) is 13.8 Å². The first-order valence-electron chi connectivity index (χ1n) is 10.2. The lowest BCUT2D eigenvalue weighted by molar-refractivity contribution is 0.0746. The summed E-state index contributed by atoms with van der Waals surface area (Å²) in [6, 6.07) is 17.5. The Hall–Kier alpha value is -2.92. The second kappa shape index (κ2) is 8.84. The fourth-order valence-electron chi connectivity index (χ4n) is 3.88. The lowest BCUT2D eigenvalue weighted by atomic mass is 10.0. The fraction of sp³-hybridized carbons (Fsp3) is 0.292. The normalized spacial score (nSPS) is 14.1. The number of piperazine rings is 1. The minimum absolute atomic E-state index is 0.0471. The summed E-state index contributed by atoms with van der Waals surface area (Å²) in [6.45, 7) is 6.80. The van der Waals surface area contributed by atoms with Gasteiger partial charge in [-0.25, -0.2) is 9.97 Å². The summed E-state index contributed by atoms with van der Waals surface area (Å²) in [7, 11) is 0. The lowest BCUT2D eigenvalue weighted by Crippen LogP contribution is -2.49. The van der Waals surface area contributed by atoms with E-state index in [1.807, 2.05) is 17.9 Å². The molecule has 1 amide bonds. The molecule has 1 saturated heterocycles. The molecule has 4 rings (SSSR count). The van der Waals surface area contributed by atoms with Crippen LogP contribution in [-0.2, 0) is 6.42 Å². The minimum atomic E-state index is 0.0471. The molecule has 0 saturated carbocycles. The van der Waals surface area contributed by atoms with Gasteiger partial charge in [-0.3, -0.25) is 4.79 Å². The maximum atomic E-state index is 12.8. The van der Waals surface area contributed by atoms with Crippen molar-refractivity contribution in [1.82, 2.24) is 14.9 Å². The van der Waals surface area contributed by atoms with Gasteiger partial charge in [-0.05, 0) is 43.7 Å². The predicted octanol–water partition coefficient (Wildman–Crippen LogP) is 4.30. The molecule has 6 heteroatoms. The van der Waals surface area contributed by atoms with Crippen molar-refractivity contribution in [2.45, 2.75) is 20.3 Å². The van der Waals surface area contributed by atoms with E-state index in [1.165, 1.54) is 5.56 Å². The number of nitrogens with zero attached hydrogens (tertiary/aromatic N) is 4.